The second-order valence-electron chi connectivity index (χ2n) is 12.9. The van der Waals surface area contributed by atoms with Gasteiger partial charge in [0.05, 0.1) is 12.7 Å². The van der Waals surface area contributed by atoms with Gasteiger partial charge in [-0.15, -0.1) is 0 Å². The fourth-order valence-corrected chi connectivity index (χ4v) is 6.63. The molecule has 3 rings (SSSR count). The molecule has 2 saturated carbocycles. The Balaban J connectivity index is 0.000000364. The van der Waals surface area contributed by atoms with Gasteiger partial charge in [-0.25, -0.2) is 0 Å². The van der Waals surface area contributed by atoms with E-state index in [1.165, 1.54) is 32.1 Å². The summed E-state index contributed by atoms with van der Waals surface area (Å²) >= 11 is 0. The second-order valence-corrected chi connectivity index (χ2v) is 12.9. The summed E-state index contributed by atoms with van der Waals surface area (Å²) in [7, 11) is 0. The number of carbonyl (C=O) groups excluding carboxylic acids is 1. The summed E-state index contributed by atoms with van der Waals surface area (Å²) in [6, 6.07) is 7.50. The van der Waals surface area contributed by atoms with E-state index in [9.17, 15) is 4.79 Å². The van der Waals surface area contributed by atoms with E-state index in [1.807, 2.05) is 31.2 Å². The van der Waals surface area contributed by atoms with Crippen LogP contribution in [0.4, 0.5) is 0 Å². The van der Waals surface area contributed by atoms with Crippen molar-refractivity contribution in [3.63, 3.8) is 0 Å². The van der Waals surface area contributed by atoms with E-state index in [4.69, 9.17) is 9.47 Å². The van der Waals surface area contributed by atoms with Crippen LogP contribution in [0, 0.1) is 41.4 Å². The molecule has 2 fully saturated rings. The first-order chi connectivity index (χ1) is 17.6. The number of benzene rings is 1. The van der Waals surface area contributed by atoms with E-state index >= 15 is 0 Å². The third kappa shape index (κ3) is 10.0. The van der Waals surface area contributed by atoms with Crippen molar-refractivity contribution in [3.8, 4) is 5.75 Å². The van der Waals surface area contributed by atoms with Crippen molar-refractivity contribution in [2.75, 3.05) is 6.61 Å². The SMILES string of the molecule is CC1CCC(C(C)C)C(C)C1.CCCOc1ccc(C(=O)C(CC)OC2CC(C)CCC2C(C)C)cc1. The minimum atomic E-state index is -0.353. The summed E-state index contributed by atoms with van der Waals surface area (Å²) < 4.78 is 12.0. The van der Waals surface area contributed by atoms with Crippen LogP contribution in [-0.4, -0.2) is 24.6 Å². The number of Topliss-reactive ketones (excluding diaryl/α,β-unsaturated/α-hetero) is 1. The zero-order valence-electron chi connectivity index (χ0n) is 25.6. The van der Waals surface area contributed by atoms with E-state index in [0.717, 1.165) is 42.3 Å². The summed E-state index contributed by atoms with van der Waals surface area (Å²) in [6.45, 7) is 21.2. The molecule has 2 aliphatic rings. The van der Waals surface area contributed by atoms with Crippen LogP contribution in [0.25, 0.3) is 0 Å². The first kappa shape index (κ1) is 31.9. The zero-order chi connectivity index (χ0) is 27.5. The summed E-state index contributed by atoms with van der Waals surface area (Å²) in [5.41, 5.74) is 0.714. The first-order valence-electron chi connectivity index (χ1n) is 15.5. The van der Waals surface area contributed by atoms with Crippen molar-refractivity contribution < 1.29 is 14.3 Å². The highest BCUT2D eigenvalue weighted by atomic mass is 16.5. The number of ether oxygens (including phenoxy) is 2. The molecule has 1 aromatic rings. The Kier molecular flexibility index (Phi) is 13.7. The zero-order valence-corrected chi connectivity index (χ0v) is 25.6. The third-order valence-electron chi connectivity index (χ3n) is 8.93. The van der Waals surface area contributed by atoms with E-state index in [-0.39, 0.29) is 18.0 Å². The monoisotopic (exact) mass is 514 g/mol. The fraction of sp³-hybridized carbons (Fsp3) is 0.794. The number of ketones is 1. The average Bonchev–Trinajstić information content (AvgIpc) is 2.86. The third-order valence-corrected chi connectivity index (χ3v) is 8.93. The van der Waals surface area contributed by atoms with Crippen LogP contribution >= 0.6 is 0 Å². The standard InChI is InChI=1S/C23H36O3.C11H22/c1-6-14-25-19-11-9-18(10-12-19)23(24)21(7-2)26-22-15-17(5)8-13-20(22)16(3)4;1-8(2)11-6-5-9(3)7-10(11)4/h9-12,16-17,20-22H,6-8,13-15H2,1-5H3;8-11H,5-7H2,1-4H3. The highest BCUT2D eigenvalue weighted by molar-refractivity contribution is 5.99. The molecule has 7 atom stereocenters. The molecule has 0 radical (unpaired) electrons. The van der Waals surface area contributed by atoms with Gasteiger partial charge in [0, 0.05) is 5.56 Å². The molecule has 7 unspecified atom stereocenters. The molecule has 2 aliphatic carbocycles. The molecule has 0 saturated heterocycles. The summed E-state index contributed by atoms with van der Waals surface area (Å²) in [4.78, 5) is 13.0. The molecule has 1 aromatic carbocycles. The smallest absolute Gasteiger partial charge is 0.191 e. The van der Waals surface area contributed by atoms with Crippen LogP contribution in [0.2, 0.25) is 0 Å². The molecule has 0 bridgehead atoms. The van der Waals surface area contributed by atoms with Gasteiger partial charge in [-0.05, 0) is 104 Å². The van der Waals surface area contributed by atoms with Crippen molar-refractivity contribution >= 4 is 5.78 Å². The predicted molar refractivity (Wildman–Crippen MR) is 157 cm³/mol. The van der Waals surface area contributed by atoms with Gasteiger partial charge in [0.25, 0.3) is 0 Å². The number of hydrogen-bond donors (Lipinski definition) is 0. The lowest BCUT2D eigenvalue weighted by atomic mass is 9.71. The Morgan fingerprint density at radius 2 is 1.41 bits per heavy atom. The Labute approximate surface area is 229 Å². The van der Waals surface area contributed by atoms with Crippen LogP contribution < -0.4 is 4.74 Å². The first-order valence-corrected chi connectivity index (χ1v) is 15.5. The molecule has 212 valence electrons. The predicted octanol–water partition coefficient (Wildman–Crippen LogP) is 9.63. The van der Waals surface area contributed by atoms with Crippen LogP contribution in [0.5, 0.6) is 5.75 Å². The second kappa shape index (κ2) is 15.9. The summed E-state index contributed by atoms with van der Waals surface area (Å²) in [5, 5.41) is 0. The van der Waals surface area contributed by atoms with Crippen LogP contribution in [0.1, 0.15) is 124 Å². The molecule has 3 nitrogen and oxygen atoms in total. The normalized spacial score (nSPS) is 28.9. The van der Waals surface area contributed by atoms with Crippen molar-refractivity contribution in [1.82, 2.24) is 0 Å². The van der Waals surface area contributed by atoms with Gasteiger partial charge in [0.2, 0.25) is 0 Å². The summed E-state index contributed by atoms with van der Waals surface area (Å²) in [5.74, 6) is 6.60. The Morgan fingerprint density at radius 1 is 0.838 bits per heavy atom. The molecule has 0 aliphatic heterocycles. The van der Waals surface area contributed by atoms with Gasteiger partial charge < -0.3 is 9.47 Å². The van der Waals surface area contributed by atoms with Gasteiger partial charge in [-0.1, -0.05) is 75.2 Å². The lowest BCUT2D eigenvalue weighted by Crippen LogP contribution is -2.39. The number of carbonyl (C=O) groups is 1. The summed E-state index contributed by atoms with van der Waals surface area (Å²) in [6.07, 6.45) is 9.47. The van der Waals surface area contributed by atoms with E-state index in [0.29, 0.717) is 36.3 Å². The molecule has 3 heteroatoms. The molecular weight excluding hydrogens is 456 g/mol. The van der Waals surface area contributed by atoms with Crippen molar-refractivity contribution in [2.45, 2.75) is 126 Å². The molecule has 37 heavy (non-hydrogen) atoms. The molecule has 0 amide bonds. The van der Waals surface area contributed by atoms with Crippen LogP contribution in [0.3, 0.4) is 0 Å². The Hall–Kier alpha value is -1.35. The lowest BCUT2D eigenvalue weighted by molar-refractivity contribution is -0.0685. The number of hydrogen-bond acceptors (Lipinski definition) is 3. The van der Waals surface area contributed by atoms with E-state index in [2.05, 4.69) is 55.4 Å². The Morgan fingerprint density at radius 3 is 1.92 bits per heavy atom. The topological polar surface area (TPSA) is 35.5 Å². The molecule has 0 aromatic heterocycles. The van der Waals surface area contributed by atoms with E-state index < -0.39 is 0 Å². The van der Waals surface area contributed by atoms with Crippen LogP contribution in [0.15, 0.2) is 24.3 Å². The van der Waals surface area contributed by atoms with E-state index in [1.54, 1.807) is 0 Å². The maximum Gasteiger partial charge on any atom is 0.191 e. The quantitative estimate of drug-likeness (QED) is 0.292. The molecule has 0 N–H and O–H groups in total. The molecule has 0 spiro atoms. The maximum absolute atomic E-state index is 13.0. The van der Waals surface area contributed by atoms with Crippen molar-refractivity contribution in [3.05, 3.63) is 29.8 Å². The lowest BCUT2D eigenvalue weighted by Gasteiger charge is -2.38. The molecular formula is C34H58O3. The minimum Gasteiger partial charge on any atom is -0.494 e. The van der Waals surface area contributed by atoms with Crippen molar-refractivity contribution in [1.29, 1.82) is 0 Å². The highest BCUT2D eigenvalue weighted by Gasteiger charge is 2.34. The van der Waals surface area contributed by atoms with Crippen molar-refractivity contribution in [2.24, 2.45) is 41.4 Å². The Bertz CT molecular complexity index is 768. The fourth-order valence-electron chi connectivity index (χ4n) is 6.63. The minimum absolute atomic E-state index is 0.0928. The largest absolute Gasteiger partial charge is 0.494 e. The van der Waals surface area contributed by atoms with Gasteiger partial charge in [-0.2, -0.15) is 0 Å². The van der Waals surface area contributed by atoms with Gasteiger partial charge in [-0.3, -0.25) is 4.79 Å². The molecule has 0 heterocycles. The maximum atomic E-state index is 13.0. The average molecular weight is 515 g/mol. The highest BCUT2D eigenvalue weighted by Crippen LogP contribution is 2.38. The van der Waals surface area contributed by atoms with Gasteiger partial charge in [0.1, 0.15) is 11.9 Å². The van der Waals surface area contributed by atoms with Gasteiger partial charge >= 0.3 is 0 Å². The van der Waals surface area contributed by atoms with Crippen LogP contribution in [-0.2, 0) is 4.74 Å². The number of rotatable bonds is 10. The van der Waals surface area contributed by atoms with Gasteiger partial charge in [0.15, 0.2) is 5.78 Å².